The fraction of sp³-hybridized carbons (Fsp3) is 0.636. The molecule has 19 heavy (non-hydrogen) atoms. The Kier molecular flexibility index (Phi) is 3.85. The van der Waals surface area contributed by atoms with E-state index < -0.39 is 42.4 Å². The van der Waals surface area contributed by atoms with Crippen LogP contribution in [0, 0.1) is 6.92 Å². The number of hydrogen-bond donors (Lipinski definition) is 4. The topological polar surface area (TPSA) is 125 Å². The van der Waals surface area contributed by atoms with Gasteiger partial charge in [-0.2, -0.15) is 0 Å². The third-order valence-electron chi connectivity index (χ3n) is 3.19. The van der Waals surface area contributed by atoms with Crippen LogP contribution in [0.1, 0.15) is 18.2 Å². The van der Waals surface area contributed by atoms with Gasteiger partial charge in [0.2, 0.25) is 0 Å². The number of ether oxygens (including phenoxy) is 1. The summed E-state index contributed by atoms with van der Waals surface area (Å²) >= 11 is 0. The molecule has 1 aromatic rings. The Balaban J connectivity index is 2.35. The molecule has 0 aromatic carbocycles. The maximum absolute atomic E-state index is 11.7. The van der Waals surface area contributed by atoms with Crippen molar-refractivity contribution in [1.29, 1.82) is 0 Å². The van der Waals surface area contributed by atoms with Gasteiger partial charge in [-0.05, 0) is 6.92 Å². The van der Waals surface area contributed by atoms with Gasteiger partial charge >= 0.3 is 5.69 Å². The van der Waals surface area contributed by atoms with E-state index in [1.807, 2.05) is 0 Å². The minimum absolute atomic E-state index is 0.0109. The zero-order valence-corrected chi connectivity index (χ0v) is 10.3. The van der Waals surface area contributed by atoms with Crippen LogP contribution in [-0.4, -0.2) is 49.8 Å². The normalized spacial score (nSPS) is 31.4. The van der Waals surface area contributed by atoms with E-state index in [4.69, 9.17) is 9.84 Å². The largest absolute Gasteiger partial charge is 0.394 e. The molecule has 4 atom stereocenters. The summed E-state index contributed by atoms with van der Waals surface area (Å²) < 4.78 is 6.49. The number of aromatic nitrogens is 2. The Hall–Kier alpha value is -1.48. The Morgan fingerprint density at radius 1 is 1.47 bits per heavy atom. The first-order valence-electron chi connectivity index (χ1n) is 5.88. The van der Waals surface area contributed by atoms with E-state index in [0.29, 0.717) is 5.56 Å². The number of hydrogen-bond acceptors (Lipinski definition) is 6. The predicted molar refractivity (Wildman–Crippen MR) is 63.7 cm³/mol. The SMILES string of the molecule is Cc1cn([C@H]2C[C@H](O)[C@H](O)[C@H](CO)O2)c(=O)[nH]c1=O. The molecule has 0 spiro atoms. The molecule has 4 N–H and O–H groups in total. The number of aromatic amines is 1. The lowest BCUT2D eigenvalue weighted by Crippen LogP contribution is -2.50. The summed E-state index contributed by atoms with van der Waals surface area (Å²) in [5, 5.41) is 28.4. The molecule has 1 saturated heterocycles. The lowest BCUT2D eigenvalue weighted by atomic mass is 10.0. The number of aliphatic hydroxyl groups is 3. The first-order valence-corrected chi connectivity index (χ1v) is 5.88. The molecule has 1 fully saturated rings. The van der Waals surface area contributed by atoms with Crippen LogP contribution in [0.15, 0.2) is 15.8 Å². The van der Waals surface area contributed by atoms with E-state index in [2.05, 4.69) is 4.98 Å². The summed E-state index contributed by atoms with van der Waals surface area (Å²) in [5.41, 5.74) is -0.832. The molecule has 8 heteroatoms. The quantitative estimate of drug-likeness (QED) is 0.486. The highest BCUT2D eigenvalue weighted by Crippen LogP contribution is 2.26. The van der Waals surface area contributed by atoms with E-state index >= 15 is 0 Å². The first-order chi connectivity index (χ1) is 8.93. The van der Waals surface area contributed by atoms with Crippen LogP contribution in [0.2, 0.25) is 0 Å². The average molecular weight is 272 g/mol. The van der Waals surface area contributed by atoms with Crippen molar-refractivity contribution >= 4 is 0 Å². The summed E-state index contributed by atoms with van der Waals surface area (Å²) in [6.45, 7) is 1.05. The molecule has 2 heterocycles. The van der Waals surface area contributed by atoms with Crippen molar-refractivity contribution in [3.63, 3.8) is 0 Å². The maximum atomic E-state index is 11.7. The van der Waals surface area contributed by atoms with Crippen LogP contribution < -0.4 is 11.2 Å². The Morgan fingerprint density at radius 2 is 2.16 bits per heavy atom. The number of aliphatic hydroxyl groups excluding tert-OH is 3. The van der Waals surface area contributed by atoms with E-state index in [-0.39, 0.29) is 6.42 Å². The summed E-state index contributed by atoms with van der Waals surface area (Å²) in [7, 11) is 0. The molecule has 1 aliphatic rings. The third-order valence-corrected chi connectivity index (χ3v) is 3.19. The number of aryl methyl sites for hydroxylation is 1. The number of rotatable bonds is 2. The second kappa shape index (κ2) is 5.25. The van der Waals surface area contributed by atoms with Gasteiger partial charge in [0.15, 0.2) is 0 Å². The van der Waals surface area contributed by atoms with E-state index in [9.17, 15) is 19.8 Å². The van der Waals surface area contributed by atoms with Gasteiger partial charge in [-0.3, -0.25) is 14.3 Å². The van der Waals surface area contributed by atoms with Crippen LogP contribution in [-0.2, 0) is 4.74 Å². The van der Waals surface area contributed by atoms with Gasteiger partial charge in [-0.15, -0.1) is 0 Å². The molecule has 8 nitrogen and oxygen atoms in total. The minimum atomic E-state index is -1.21. The summed E-state index contributed by atoms with van der Waals surface area (Å²) in [5.74, 6) is 0. The zero-order chi connectivity index (χ0) is 14.2. The third kappa shape index (κ3) is 2.61. The molecule has 0 bridgehead atoms. The van der Waals surface area contributed by atoms with Crippen LogP contribution in [0.3, 0.4) is 0 Å². The van der Waals surface area contributed by atoms with Crippen molar-refractivity contribution < 1.29 is 20.1 Å². The average Bonchev–Trinajstić information content (AvgIpc) is 2.37. The maximum Gasteiger partial charge on any atom is 0.330 e. The molecule has 0 radical (unpaired) electrons. The van der Waals surface area contributed by atoms with Crippen molar-refractivity contribution in [2.75, 3.05) is 6.61 Å². The van der Waals surface area contributed by atoms with Gasteiger partial charge in [0.25, 0.3) is 5.56 Å². The van der Waals surface area contributed by atoms with Crippen molar-refractivity contribution in [2.45, 2.75) is 37.9 Å². The van der Waals surface area contributed by atoms with Gasteiger partial charge < -0.3 is 20.1 Å². The zero-order valence-electron chi connectivity index (χ0n) is 10.3. The second-order valence-electron chi connectivity index (χ2n) is 4.58. The summed E-state index contributed by atoms with van der Waals surface area (Å²) in [6, 6.07) is 0. The molecule has 0 amide bonds. The van der Waals surface area contributed by atoms with E-state index in [1.165, 1.54) is 13.1 Å². The van der Waals surface area contributed by atoms with Crippen molar-refractivity contribution in [1.82, 2.24) is 9.55 Å². The fourth-order valence-electron chi connectivity index (χ4n) is 2.06. The van der Waals surface area contributed by atoms with Gasteiger partial charge in [-0.25, -0.2) is 4.79 Å². The number of nitrogens with one attached hydrogen (secondary N) is 1. The van der Waals surface area contributed by atoms with E-state index in [0.717, 1.165) is 4.57 Å². The van der Waals surface area contributed by atoms with Gasteiger partial charge in [-0.1, -0.05) is 0 Å². The van der Waals surface area contributed by atoms with Crippen LogP contribution >= 0.6 is 0 Å². The highest BCUT2D eigenvalue weighted by atomic mass is 16.5. The second-order valence-corrected chi connectivity index (χ2v) is 4.58. The lowest BCUT2D eigenvalue weighted by Gasteiger charge is -2.36. The van der Waals surface area contributed by atoms with Gasteiger partial charge in [0, 0.05) is 18.2 Å². The molecular formula is C11H16N2O6. The lowest BCUT2D eigenvalue weighted by molar-refractivity contribution is -0.202. The fourth-order valence-corrected chi connectivity index (χ4v) is 2.06. The minimum Gasteiger partial charge on any atom is -0.394 e. The standard InChI is InChI=1S/C11H16N2O6/c1-5-3-13(11(18)12-10(5)17)8-2-6(15)9(16)7(4-14)19-8/h3,6-9,14-16H,2,4H2,1H3,(H,12,17,18)/t6-,7-,8+,9-/m0/s1. The van der Waals surface area contributed by atoms with Gasteiger partial charge in [0.05, 0.1) is 12.7 Å². The smallest absolute Gasteiger partial charge is 0.330 e. The summed E-state index contributed by atoms with van der Waals surface area (Å²) in [4.78, 5) is 25.1. The molecule has 106 valence electrons. The van der Waals surface area contributed by atoms with Crippen LogP contribution in [0.5, 0.6) is 0 Å². The summed E-state index contributed by atoms with van der Waals surface area (Å²) in [6.07, 6.45) is -2.84. The Morgan fingerprint density at radius 3 is 2.79 bits per heavy atom. The van der Waals surface area contributed by atoms with Crippen molar-refractivity contribution in [3.8, 4) is 0 Å². The molecule has 1 aliphatic heterocycles. The molecule has 0 aliphatic carbocycles. The highest BCUT2D eigenvalue weighted by Gasteiger charge is 2.37. The molecule has 0 unspecified atom stereocenters. The Bertz CT molecular complexity index is 565. The molecule has 0 saturated carbocycles. The van der Waals surface area contributed by atoms with Crippen molar-refractivity contribution in [2.24, 2.45) is 0 Å². The molecule has 2 rings (SSSR count). The Labute approximate surface area is 107 Å². The number of H-pyrrole nitrogens is 1. The van der Waals surface area contributed by atoms with Crippen LogP contribution in [0.4, 0.5) is 0 Å². The number of nitrogens with zero attached hydrogens (tertiary/aromatic N) is 1. The van der Waals surface area contributed by atoms with E-state index in [1.54, 1.807) is 0 Å². The predicted octanol–water partition coefficient (Wildman–Crippen LogP) is -2.15. The highest BCUT2D eigenvalue weighted by molar-refractivity contribution is 5.02. The van der Waals surface area contributed by atoms with Crippen LogP contribution in [0.25, 0.3) is 0 Å². The first kappa shape index (κ1) is 13.9. The monoisotopic (exact) mass is 272 g/mol. The van der Waals surface area contributed by atoms with Crippen molar-refractivity contribution in [3.05, 3.63) is 32.6 Å². The van der Waals surface area contributed by atoms with Gasteiger partial charge in [0.1, 0.15) is 18.4 Å². The molecular weight excluding hydrogens is 256 g/mol. The molecule has 1 aromatic heterocycles.